The first-order valence-electron chi connectivity index (χ1n) is 29.7. The summed E-state index contributed by atoms with van der Waals surface area (Å²) in [5.41, 5.74) is 18.0. The number of aromatic nitrogens is 2. The lowest BCUT2D eigenvalue weighted by atomic mass is 9.85. The molecule has 0 atom stereocenters. The van der Waals surface area contributed by atoms with Crippen molar-refractivity contribution in [2.24, 2.45) is 0 Å². The average molecular weight is 1130 g/mol. The van der Waals surface area contributed by atoms with E-state index in [4.69, 9.17) is 0 Å². The molecular formula is C80H65N3SSi. The number of hydrogen-bond donors (Lipinski definition) is 0. The molecule has 0 radical (unpaired) electrons. The van der Waals surface area contributed by atoms with Crippen molar-refractivity contribution in [3.8, 4) is 33.6 Å². The fraction of sp³-hybridized carbons (Fsp3) is 0.100. The van der Waals surface area contributed by atoms with Crippen molar-refractivity contribution >= 4 is 101 Å². The van der Waals surface area contributed by atoms with Gasteiger partial charge in [-0.2, -0.15) is 0 Å². The maximum absolute atomic E-state index is 2.90. The summed E-state index contributed by atoms with van der Waals surface area (Å²) in [6.45, 7) is 13.9. The van der Waals surface area contributed by atoms with Crippen molar-refractivity contribution < 1.29 is 0 Å². The fourth-order valence-electron chi connectivity index (χ4n) is 13.4. The Labute approximate surface area is 504 Å². The highest BCUT2D eigenvalue weighted by atomic mass is 32.2. The largest absolute Gasteiger partial charge is 0.309 e. The fourth-order valence-corrected chi connectivity index (χ4v) is 19.4. The molecule has 85 heavy (non-hydrogen) atoms. The summed E-state index contributed by atoms with van der Waals surface area (Å²) in [5.74, 6) is 0. The molecule has 0 saturated carbocycles. The summed E-state index contributed by atoms with van der Waals surface area (Å²) < 4.78 is 4.99. The minimum atomic E-state index is -2.90. The minimum absolute atomic E-state index is 0.000583. The maximum Gasteiger partial charge on any atom is 0.179 e. The zero-order valence-corrected chi connectivity index (χ0v) is 50.7. The minimum Gasteiger partial charge on any atom is -0.309 e. The average Bonchev–Trinajstić information content (AvgIpc) is 2.49. The van der Waals surface area contributed by atoms with Crippen LogP contribution in [0.3, 0.4) is 0 Å². The summed E-state index contributed by atoms with van der Waals surface area (Å²) in [6.07, 6.45) is 0. The molecule has 12 aromatic carbocycles. The van der Waals surface area contributed by atoms with Crippen LogP contribution in [0.1, 0.15) is 52.7 Å². The SMILES string of the molecule is CC(C)(C)c1ccc2c(c1)c1cc(C(C)(C)C)ccc1n2-c1ccc2c(c1)Sc1cc(-n3c4ccc(-c5ccccc5)cc4c4cc(-c5ccccc5)ccc43)ccc1N2c1cccc([Si](c2ccccc2)(c2ccccc2)c2ccccc2)c1. The molecule has 1 aliphatic rings. The molecule has 0 saturated heterocycles. The Hall–Kier alpha value is -9.39. The van der Waals surface area contributed by atoms with Gasteiger partial charge in [0, 0.05) is 48.4 Å². The van der Waals surface area contributed by atoms with Crippen molar-refractivity contribution in [1.82, 2.24) is 9.13 Å². The van der Waals surface area contributed by atoms with E-state index in [2.05, 4.69) is 341 Å². The number of rotatable bonds is 9. The van der Waals surface area contributed by atoms with Gasteiger partial charge in [0.2, 0.25) is 0 Å². The lowest BCUT2D eigenvalue weighted by Gasteiger charge is -2.37. The Morgan fingerprint density at radius 3 is 1.05 bits per heavy atom. The molecule has 0 amide bonds. The van der Waals surface area contributed by atoms with Gasteiger partial charge in [-0.1, -0.05) is 241 Å². The van der Waals surface area contributed by atoms with Gasteiger partial charge in [-0.3, -0.25) is 0 Å². The molecule has 5 heteroatoms. The van der Waals surface area contributed by atoms with Crippen LogP contribution < -0.4 is 25.6 Å². The first kappa shape index (κ1) is 52.4. The van der Waals surface area contributed by atoms with Gasteiger partial charge < -0.3 is 14.0 Å². The molecule has 410 valence electrons. The molecule has 3 heterocycles. The van der Waals surface area contributed by atoms with Crippen LogP contribution >= 0.6 is 11.8 Å². The summed E-state index contributed by atoms with van der Waals surface area (Å²) >= 11 is 1.88. The van der Waals surface area contributed by atoms with Crippen LogP contribution in [0, 0.1) is 0 Å². The van der Waals surface area contributed by atoms with E-state index in [0.29, 0.717) is 0 Å². The molecule has 2 aromatic heterocycles. The molecule has 0 unspecified atom stereocenters. The third kappa shape index (κ3) is 8.87. The second-order valence-corrected chi connectivity index (χ2v) is 29.9. The number of anilines is 3. The van der Waals surface area contributed by atoms with Gasteiger partial charge in [0.15, 0.2) is 8.07 Å². The normalized spacial score (nSPS) is 12.8. The van der Waals surface area contributed by atoms with Gasteiger partial charge in [0.05, 0.1) is 33.4 Å². The monoisotopic (exact) mass is 1130 g/mol. The van der Waals surface area contributed by atoms with Gasteiger partial charge >= 0.3 is 0 Å². The maximum atomic E-state index is 2.54. The van der Waals surface area contributed by atoms with Crippen LogP contribution in [0.15, 0.2) is 295 Å². The Morgan fingerprint density at radius 2 is 0.647 bits per heavy atom. The highest BCUT2D eigenvalue weighted by molar-refractivity contribution is 7.99. The Morgan fingerprint density at radius 1 is 0.282 bits per heavy atom. The van der Waals surface area contributed by atoms with Crippen molar-refractivity contribution in [2.45, 2.75) is 62.2 Å². The highest BCUT2D eigenvalue weighted by Crippen LogP contribution is 2.53. The van der Waals surface area contributed by atoms with Crippen molar-refractivity contribution in [3.63, 3.8) is 0 Å². The number of hydrogen-bond acceptors (Lipinski definition) is 2. The number of nitrogens with zero attached hydrogens (tertiary/aromatic N) is 3. The molecule has 0 spiro atoms. The predicted octanol–water partition coefficient (Wildman–Crippen LogP) is 19.1. The van der Waals surface area contributed by atoms with E-state index in [1.54, 1.807) is 0 Å². The topological polar surface area (TPSA) is 13.1 Å². The number of benzene rings is 12. The zero-order valence-electron chi connectivity index (χ0n) is 48.9. The molecule has 0 N–H and O–H groups in total. The van der Waals surface area contributed by atoms with E-state index in [1.807, 2.05) is 11.8 Å². The standard InChI is InChI=1S/C80H65N3SSi/c1-79(2,3)58-37-43-73-69(49-58)70-50-59(80(4,5)6)38-44-74(70)82(73)62-40-46-76-78(53-62)84-77-52-61(81-71-41-35-56(54-23-12-7-13-24-54)47-67(71)68-48-57(36-42-72(68)81)55-25-14-8-15-26-55)39-45-75(77)83(76)60-27-22-34-66(51-60)85(63-28-16-9-17-29-63,64-30-18-10-19-31-64)65-32-20-11-21-33-65/h7-53H,1-6H3. The Balaban J connectivity index is 0.960. The Bertz CT molecular complexity index is 4590. The van der Waals surface area contributed by atoms with Gasteiger partial charge in [-0.25, -0.2) is 0 Å². The molecule has 0 fully saturated rings. The first-order chi connectivity index (χ1) is 41.4. The summed E-state index contributed by atoms with van der Waals surface area (Å²) in [4.78, 5) is 4.92. The smallest absolute Gasteiger partial charge is 0.179 e. The second kappa shape index (κ2) is 20.4. The van der Waals surface area contributed by atoms with E-state index in [0.717, 1.165) is 28.4 Å². The van der Waals surface area contributed by atoms with Gasteiger partial charge in [-0.05, 0) is 162 Å². The van der Waals surface area contributed by atoms with E-state index in [9.17, 15) is 0 Å². The van der Waals surface area contributed by atoms with Crippen molar-refractivity contribution in [3.05, 3.63) is 296 Å². The van der Waals surface area contributed by atoms with Gasteiger partial charge in [0.1, 0.15) is 0 Å². The van der Waals surface area contributed by atoms with Crippen molar-refractivity contribution in [1.29, 1.82) is 0 Å². The van der Waals surface area contributed by atoms with Crippen LogP contribution in [0.5, 0.6) is 0 Å². The van der Waals surface area contributed by atoms with E-state index in [1.165, 1.54) is 108 Å². The predicted molar refractivity (Wildman–Crippen MR) is 366 cm³/mol. The molecule has 0 aliphatic carbocycles. The number of fused-ring (bicyclic) bond motifs is 8. The van der Waals surface area contributed by atoms with Crippen LogP contribution in [0.25, 0.3) is 77.2 Å². The second-order valence-electron chi connectivity index (χ2n) is 25.0. The van der Waals surface area contributed by atoms with E-state index >= 15 is 0 Å². The van der Waals surface area contributed by atoms with Crippen LogP contribution in [0.4, 0.5) is 17.1 Å². The molecule has 15 rings (SSSR count). The van der Waals surface area contributed by atoms with Crippen molar-refractivity contribution in [2.75, 3.05) is 4.90 Å². The third-order valence-electron chi connectivity index (χ3n) is 17.7. The Kier molecular flexibility index (Phi) is 12.6. The summed E-state index contributed by atoms with van der Waals surface area (Å²) in [5, 5.41) is 10.4. The lowest BCUT2D eigenvalue weighted by Crippen LogP contribution is -2.74. The summed E-state index contributed by atoms with van der Waals surface area (Å²) in [7, 11) is -2.90. The molecular weight excluding hydrogens is 1060 g/mol. The zero-order chi connectivity index (χ0) is 57.6. The summed E-state index contributed by atoms with van der Waals surface area (Å²) in [6, 6.07) is 108. The van der Waals surface area contributed by atoms with Crippen LogP contribution in [0.2, 0.25) is 0 Å². The highest BCUT2D eigenvalue weighted by Gasteiger charge is 2.42. The molecule has 3 nitrogen and oxygen atoms in total. The van der Waals surface area contributed by atoms with E-state index in [-0.39, 0.29) is 10.8 Å². The molecule has 1 aliphatic heterocycles. The van der Waals surface area contributed by atoms with Crippen LogP contribution in [-0.4, -0.2) is 17.2 Å². The van der Waals surface area contributed by atoms with E-state index < -0.39 is 8.07 Å². The van der Waals surface area contributed by atoms with Gasteiger partial charge in [-0.15, -0.1) is 0 Å². The quantitative estimate of drug-likeness (QED) is 0.106. The first-order valence-corrected chi connectivity index (χ1v) is 32.5. The van der Waals surface area contributed by atoms with Crippen LogP contribution in [-0.2, 0) is 10.8 Å². The van der Waals surface area contributed by atoms with Gasteiger partial charge in [0.25, 0.3) is 0 Å². The third-order valence-corrected chi connectivity index (χ3v) is 23.6. The molecule has 0 bridgehead atoms. The molecule has 14 aromatic rings. The lowest BCUT2D eigenvalue weighted by molar-refractivity contribution is 0.590.